The molecule has 6 nitrogen and oxygen atoms in total. The standard InChI is InChI=1S/C19H21BrN2O4/c1-12(2)26-16-7-4-14(5-8-16)19(24)22-21-18(23)11-25-17-9-6-15(20)10-13(17)3/h4-10,12H,11H2,1-3H3,(H,21,23)(H,22,24). The van der Waals surface area contributed by atoms with Gasteiger partial charge in [-0.2, -0.15) is 0 Å². The Morgan fingerprint density at radius 2 is 1.77 bits per heavy atom. The Labute approximate surface area is 161 Å². The first-order chi connectivity index (χ1) is 12.3. The van der Waals surface area contributed by atoms with E-state index in [2.05, 4.69) is 26.8 Å². The Hall–Kier alpha value is -2.54. The molecule has 0 fully saturated rings. The van der Waals surface area contributed by atoms with E-state index in [0.717, 1.165) is 10.0 Å². The van der Waals surface area contributed by atoms with Crippen molar-refractivity contribution >= 4 is 27.7 Å². The lowest BCUT2D eigenvalue weighted by atomic mass is 10.2. The van der Waals surface area contributed by atoms with E-state index in [9.17, 15) is 9.59 Å². The number of ether oxygens (including phenoxy) is 2. The molecule has 2 amide bonds. The number of carbonyl (C=O) groups is 2. The average Bonchev–Trinajstić information content (AvgIpc) is 2.59. The number of rotatable bonds is 6. The maximum absolute atomic E-state index is 12.0. The molecule has 0 aromatic heterocycles. The van der Waals surface area contributed by atoms with Crippen LogP contribution in [0.15, 0.2) is 46.9 Å². The summed E-state index contributed by atoms with van der Waals surface area (Å²) in [7, 11) is 0. The molecule has 0 radical (unpaired) electrons. The smallest absolute Gasteiger partial charge is 0.276 e. The molecule has 0 unspecified atom stereocenters. The lowest BCUT2D eigenvalue weighted by Gasteiger charge is -2.11. The van der Waals surface area contributed by atoms with Crippen molar-refractivity contribution in [1.82, 2.24) is 10.9 Å². The summed E-state index contributed by atoms with van der Waals surface area (Å²) in [5, 5.41) is 0. The quantitative estimate of drug-likeness (QED) is 0.702. The van der Waals surface area contributed by atoms with Gasteiger partial charge >= 0.3 is 0 Å². The van der Waals surface area contributed by atoms with Crippen molar-refractivity contribution in [2.75, 3.05) is 6.61 Å². The van der Waals surface area contributed by atoms with E-state index >= 15 is 0 Å². The molecule has 2 aromatic carbocycles. The predicted octanol–water partition coefficient (Wildman–Crippen LogP) is 3.38. The highest BCUT2D eigenvalue weighted by Crippen LogP contribution is 2.21. The van der Waals surface area contributed by atoms with Gasteiger partial charge in [0.2, 0.25) is 0 Å². The topological polar surface area (TPSA) is 76.7 Å². The van der Waals surface area contributed by atoms with Gasteiger partial charge in [-0.25, -0.2) is 0 Å². The van der Waals surface area contributed by atoms with Crippen LogP contribution < -0.4 is 20.3 Å². The van der Waals surface area contributed by atoms with Crippen LogP contribution in [0.2, 0.25) is 0 Å². The van der Waals surface area contributed by atoms with Gasteiger partial charge < -0.3 is 9.47 Å². The number of hydrogen-bond donors (Lipinski definition) is 2. The summed E-state index contributed by atoms with van der Waals surface area (Å²) in [6, 6.07) is 12.1. The van der Waals surface area contributed by atoms with Crippen molar-refractivity contribution < 1.29 is 19.1 Å². The van der Waals surface area contributed by atoms with Crippen molar-refractivity contribution in [3.63, 3.8) is 0 Å². The third kappa shape index (κ3) is 6.07. The summed E-state index contributed by atoms with van der Waals surface area (Å²) >= 11 is 3.37. The summed E-state index contributed by atoms with van der Waals surface area (Å²) in [5.74, 6) is 0.406. The molecule has 2 rings (SSSR count). The van der Waals surface area contributed by atoms with Gasteiger partial charge in [0.1, 0.15) is 11.5 Å². The van der Waals surface area contributed by atoms with Crippen molar-refractivity contribution in [2.24, 2.45) is 0 Å². The van der Waals surface area contributed by atoms with Crippen LogP contribution in [0.4, 0.5) is 0 Å². The maximum Gasteiger partial charge on any atom is 0.276 e. The highest BCUT2D eigenvalue weighted by atomic mass is 79.9. The largest absolute Gasteiger partial charge is 0.491 e. The molecule has 0 aliphatic heterocycles. The molecule has 0 aliphatic carbocycles. The molecule has 0 aliphatic rings. The fraction of sp³-hybridized carbons (Fsp3) is 0.263. The number of hydrazine groups is 1. The van der Waals surface area contributed by atoms with Gasteiger partial charge in [-0.05, 0) is 68.8 Å². The Balaban J connectivity index is 1.80. The second-order valence-corrected chi connectivity index (χ2v) is 6.81. The monoisotopic (exact) mass is 420 g/mol. The molecular formula is C19H21BrN2O4. The minimum Gasteiger partial charge on any atom is -0.491 e. The fourth-order valence-corrected chi connectivity index (χ4v) is 2.59. The van der Waals surface area contributed by atoms with Crippen LogP contribution in [0.25, 0.3) is 0 Å². The van der Waals surface area contributed by atoms with Crippen LogP contribution in [-0.4, -0.2) is 24.5 Å². The molecule has 2 N–H and O–H groups in total. The van der Waals surface area contributed by atoms with Gasteiger partial charge in [0.25, 0.3) is 11.8 Å². The Morgan fingerprint density at radius 1 is 1.08 bits per heavy atom. The van der Waals surface area contributed by atoms with Crippen LogP contribution in [0, 0.1) is 6.92 Å². The summed E-state index contributed by atoms with van der Waals surface area (Å²) in [6.07, 6.45) is 0.0586. The van der Waals surface area contributed by atoms with Crippen molar-refractivity contribution in [2.45, 2.75) is 26.9 Å². The summed E-state index contributed by atoms with van der Waals surface area (Å²) in [6.45, 7) is 5.53. The number of halogens is 1. The molecule has 0 saturated heterocycles. The molecule has 138 valence electrons. The van der Waals surface area contributed by atoms with Crippen LogP contribution >= 0.6 is 15.9 Å². The molecule has 7 heteroatoms. The highest BCUT2D eigenvalue weighted by molar-refractivity contribution is 9.10. The predicted molar refractivity (Wildman–Crippen MR) is 102 cm³/mol. The molecule has 2 aromatic rings. The number of amides is 2. The van der Waals surface area contributed by atoms with Gasteiger partial charge in [-0.1, -0.05) is 15.9 Å². The fourth-order valence-electron chi connectivity index (χ4n) is 2.11. The number of nitrogens with one attached hydrogen (secondary N) is 2. The maximum atomic E-state index is 12.0. The molecule has 0 atom stereocenters. The summed E-state index contributed by atoms with van der Waals surface area (Å²) < 4.78 is 11.9. The number of aryl methyl sites for hydroxylation is 1. The van der Waals surface area contributed by atoms with Gasteiger partial charge in [-0.15, -0.1) is 0 Å². The molecule has 0 saturated carbocycles. The van der Waals surface area contributed by atoms with Crippen molar-refractivity contribution in [3.8, 4) is 11.5 Å². The van der Waals surface area contributed by atoms with E-state index in [1.54, 1.807) is 30.3 Å². The number of carbonyl (C=O) groups excluding carboxylic acids is 2. The number of benzene rings is 2. The Bertz CT molecular complexity index is 776. The second-order valence-electron chi connectivity index (χ2n) is 5.89. The number of hydrogen-bond acceptors (Lipinski definition) is 4. The normalized spacial score (nSPS) is 10.3. The van der Waals surface area contributed by atoms with E-state index < -0.39 is 11.8 Å². The van der Waals surface area contributed by atoms with Gasteiger partial charge in [0, 0.05) is 10.0 Å². The van der Waals surface area contributed by atoms with Crippen LogP contribution in [0.3, 0.4) is 0 Å². The van der Waals surface area contributed by atoms with E-state index in [0.29, 0.717) is 17.1 Å². The van der Waals surface area contributed by atoms with Gasteiger partial charge in [0.05, 0.1) is 6.10 Å². The molecular weight excluding hydrogens is 400 g/mol. The molecule has 0 heterocycles. The van der Waals surface area contributed by atoms with E-state index in [1.807, 2.05) is 32.9 Å². The zero-order valence-corrected chi connectivity index (χ0v) is 16.4. The zero-order valence-electron chi connectivity index (χ0n) is 14.8. The second kappa shape index (κ2) is 9.24. The van der Waals surface area contributed by atoms with E-state index in [1.165, 1.54) is 0 Å². The highest BCUT2D eigenvalue weighted by Gasteiger charge is 2.09. The van der Waals surface area contributed by atoms with Gasteiger partial charge in [-0.3, -0.25) is 20.4 Å². The SMILES string of the molecule is Cc1cc(Br)ccc1OCC(=O)NNC(=O)c1ccc(OC(C)C)cc1. The van der Waals surface area contributed by atoms with Crippen LogP contribution in [0.1, 0.15) is 29.8 Å². The van der Waals surface area contributed by atoms with E-state index in [4.69, 9.17) is 9.47 Å². The summed E-state index contributed by atoms with van der Waals surface area (Å²) in [5.41, 5.74) is 5.99. The summed E-state index contributed by atoms with van der Waals surface area (Å²) in [4.78, 5) is 23.9. The molecule has 26 heavy (non-hydrogen) atoms. The minimum atomic E-state index is -0.458. The van der Waals surface area contributed by atoms with E-state index in [-0.39, 0.29) is 12.7 Å². The van der Waals surface area contributed by atoms with Gasteiger partial charge in [0.15, 0.2) is 6.61 Å². The first-order valence-electron chi connectivity index (χ1n) is 8.10. The lowest BCUT2D eigenvalue weighted by Crippen LogP contribution is -2.43. The Kier molecular flexibility index (Phi) is 7.03. The Morgan fingerprint density at radius 3 is 2.38 bits per heavy atom. The first-order valence-corrected chi connectivity index (χ1v) is 8.89. The zero-order chi connectivity index (χ0) is 19.1. The van der Waals surface area contributed by atoms with Crippen molar-refractivity contribution in [3.05, 3.63) is 58.1 Å². The van der Waals surface area contributed by atoms with Crippen LogP contribution in [0.5, 0.6) is 11.5 Å². The van der Waals surface area contributed by atoms with Crippen molar-refractivity contribution in [1.29, 1.82) is 0 Å². The third-order valence-corrected chi connectivity index (χ3v) is 3.79. The minimum absolute atomic E-state index is 0.0586. The third-order valence-electron chi connectivity index (χ3n) is 3.30. The molecule has 0 bridgehead atoms. The van der Waals surface area contributed by atoms with Crippen LogP contribution in [-0.2, 0) is 4.79 Å². The first kappa shape index (κ1) is 19.8. The average molecular weight is 421 g/mol. The lowest BCUT2D eigenvalue weighted by molar-refractivity contribution is -0.123. The molecule has 0 spiro atoms.